The lowest BCUT2D eigenvalue weighted by Gasteiger charge is -2.28. The Labute approximate surface area is 118 Å². The van der Waals surface area contributed by atoms with Gasteiger partial charge in [-0.05, 0) is 63.0 Å². The predicted molar refractivity (Wildman–Crippen MR) is 77.2 cm³/mol. The van der Waals surface area contributed by atoms with Crippen molar-refractivity contribution >= 4 is 15.9 Å². The molecule has 0 aromatic heterocycles. The number of benzene rings is 1. The average Bonchev–Trinajstić information content (AvgIpc) is 2.42. The molecule has 0 atom stereocenters. The second-order valence-electron chi connectivity index (χ2n) is 4.98. The fraction of sp³-hybridized carbons (Fsp3) is 0.533. The summed E-state index contributed by atoms with van der Waals surface area (Å²) in [6.45, 7) is 3.35. The molecule has 0 amide bonds. The van der Waals surface area contributed by atoms with Gasteiger partial charge in [0, 0.05) is 10.4 Å². The molecule has 1 aliphatic heterocycles. The molecule has 0 aliphatic carbocycles. The Balaban J connectivity index is 1.67. The highest BCUT2D eigenvalue weighted by atomic mass is 79.9. The van der Waals surface area contributed by atoms with E-state index in [-0.39, 0.29) is 0 Å². The molecule has 0 N–H and O–H groups in total. The quantitative estimate of drug-likeness (QED) is 0.849. The number of piperidine rings is 1. The highest BCUT2D eigenvalue weighted by Crippen LogP contribution is 2.17. The van der Waals surface area contributed by atoms with E-state index in [0.29, 0.717) is 5.92 Å². The van der Waals surface area contributed by atoms with Gasteiger partial charge in [-0.2, -0.15) is 5.26 Å². The Kier molecular flexibility index (Phi) is 5.22. The first-order chi connectivity index (χ1) is 8.78. The molecule has 96 valence electrons. The molecular weight excluding hydrogens is 288 g/mol. The lowest BCUT2D eigenvalue weighted by atomic mass is 9.98. The maximum atomic E-state index is 8.85. The number of hydrogen-bond acceptors (Lipinski definition) is 2. The van der Waals surface area contributed by atoms with Gasteiger partial charge in [-0.15, -0.1) is 0 Å². The van der Waals surface area contributed by atoms with E-state index in [1.807, 2.05) is 0 Å². The summed E-state index contributed by atoms with van der Waals surface area (Å²) < 4.78 is 1.14. The van der Waals surface area contributed by atoms with Gasteiger partial charge in [0.1, 0.15) is 0 Å². The van der Waals surface area contributed by atoms with E-state index in [4.69, 9.17) is 5.26 Å². The van der Waals surface area contributed by atoms with Crippen LogP contribution in [-0.2, 0) is 6.42 Å². The smallest absolute Gasteiger partial charge is 0.0656 e. The molecular formula is C15H19BrN2. The molecule has 1 saturated heterocycles. The molecule has 1 aliphatic rings. The standard InChI is InChI=1S/C15H19BrN2/c16-15-5-3-13(4-6-15)2-1-9-18-10-7-14(12-17)8-11-18/h3-6,14H,1-2,7-11H2. The van der Waals surface area contributed by atoms with Crippen LogP contribution < -0.4 is 0 Å². The van der Waals surface area contributed by atoms with Crippen LogP contribution >= 0.6 is 15.9 Å². The van der Waals surface area contributed by atoms with Gasteiger partial charge in [-0.1, -0.05) is 28.1 Å². The van der Waals surface area contributed by atoms with Gasteiger partial charge in [0.15, 0.2) is 0 Å². The number of likely N-dealkylation sites (tertiary alicyclic amines) is 1. The molecule has 1 aromatic rings. The summed E-state index contributed by atoms with van der Waals surface area (Å²) in [4.78, 5) is 2.49. The minimum absolute atomic E-state index is 0.299. The summed E-state index contributed by atoms with van der Waals surface area (Å²) >= 11 is 3.45. The highest BCUT2D eigenvalue weighted by molar-refractivity contribution is 9.10. The number of rotatable bonds is 4. The first-order valence-corrected chi connectivity index (χ1v) is 7.43. The van der Waals surface area contributed by atoms with Gasteiger partial charge < -0.3 is 4.90 Å². The summed E-state index contributed by atoms with van der Waals surface area (Å²) in [7, 11) is 0. The highest BCUT2D eigenvalue weighted by Gasteiger charge is 2.17. The zero-order valence-corrected chi connectivity index (χ0v) is 12.2. The van der Waals surface area contributed by atoms with Crippen molar-refractivity contribution < 1.29 is 0 Å². The minimum atomic E-state index is 0.299. The molecule has 0 radical (unpaired) electrons. The third-order valence-corrected chi connectivity index (χ3v) is 4.15. The van der Waals surface area contributed by atoms with Crippen molar-refractivity contribution in [1.29, 1.82) is 5.26 Å². The minimum Gasteiger partial charge on any atom is -0.303 e. The van der Waals surface area contributed by atoms with E-state index >= 15 is 0 Å². The molecule has 1 heterocycles. The van der Waals surface area contributed by atoms with Crippen LogP contribution in [0.4, 0.5) is 0 Å². The van der Waals surface area contributed by atoms with Gasteiger partial charge in [-0.25, -0.2) is 0 Å². The van der Waals surface area contributed by atoms with E-state index in [1.54, 1.807) is 0 Å². The van der Waals surface area contributed by atoms with E-state index in [0.717, 1.165) is 43.4 Å². The summed E-state index contributed by atoms with van der Waals surface area (Å²) in [6, 6.07) is 11.0. The average molecular weight is 307 g/mol. The summed E-state index contributed by atoms with van der Waals surface area (Å²) in [5.74, 6) is 0.299. The maximum Gasteiger partial charge on any atom is 0.0656 e. The number of hydrogen-bond donors (Lipinski definition) is 0. The fourth-order valence-corrected chi connectivity index (χ4v) is 2.71. The second-order valence-corrected chi connectivity index (χ2v) is 5.89. The molecule has 2 rings (SSSR count). The molecule has 1 aromatic carbocycles. The van der Waals surface area contributed by atoms with E-state index < -0.39 is 0 Å². The van der Waals surface area contributed by atoms with Crippen molar-refractivity contribution in [3.05, 3.63) is 34.3 Å². The monoisotopic (exact) mass is 306 g/mol. The zero-order chi connectivity index (χ0) is 12.8. The van der Waals surface area contributed by atoms with Crippen LogP contribution in [0.15, 0.2) is 28.7 Å². The van der Waals surface area contributed by atoms with Crippen molar-refractivity contribution in [2.24, 2.45) is 5.92 Å². The molecule has 3 heteroatoms. The second kappa shape index (κ2) is 6.92. The molecule has 0 saturated carbocycles. The normalized spacial score (nSPS) is 17.6. The molecule has 0 bridgehead atoms. The van der Waals surface area contributed by atoms with Crippen molar-refractivity contribution in [2.45, 2.75) is 25.7 Å². The van der Waals surface area contributed by atoms with Crippen molar-refractivity contribution in [3.63, 3.8) is 0 Å². The van der Waals surface area contributed by atoms with Crippen LogP contribution in [0.5, 0.6) is 0 Å². The number of aryl methyl sites for hydroxylation is 1. The van der Waals surface area contributed by atoms with Gasteiger partial charge in [0.05, 0.1) is 6.07 Å². The number of halogens is 1. The van der Waals surface area contributed by atoms with Gasteiger partial charge in [0.2, 0.25) is 0 Å². The first kappa shape index (κ1) is 13.6. The molecule has 2 nitrogen and oxygen atoms in total. The Bertz CT molecular complexity index is 399. The molecule has 18 heavy (non-hydrogen) atoms. The Hall–Kier alpha value is -0.850. The summed E-state index contributed by atoms with van der Waals surface area (Å²) in [6.07, 6.45) is 4.45. The lowest BCUT2D eigenvalue weighted by Crippen LogP contribution is -2.34. The van der Waals surface area contributed by atoms with E-state index in [9.17, 15) is 0 Å². The van der Waals surface area contributed by atoms with Crippen LogP contribution in [0.25, 0.3) is 0 Å². The zero-order valence-electron chi connectivity index (χ0n) is 10.6. The summed E-state index contributed by atoms with van der Waals surface area (Å²) in [5, 5.41) is 8.85. The Morgan fingerprint density at radius 3 is 2.50 bits per heavy atom. The maximum absolute atomic E-state index is 8.85. The predicted octanol–water partition coefficient (Wildman–Crippen LogP) is 3.62. The van der Waals surface area contributed by atoms with Gasteiger partial charge in [-0.3, -0.25) is 0 Å². The largest absolute Gasteiger partial charge is 0.303 e. The summed E-state index contributed by atoms with van der Waals surface area (Å²) in [5.41, 5.74) is 1.41. The van der Waals surface area contributed by atoms with Crippen molar-refractivity contribution in [1.82, 2.24) is 4.90 Å². The van der Waals surface area contributed by atoms with Crippen LogP contribution in [-0.4, -0.2) is 24.5 Å². The topological polar surface area (TPSA) is 27.0 Å². The Morgan fingerprint density at radius 1 is 1.22 bits per heavy atom. The van der Waals surface area contributed by atoms with E-state index in [1.165, 1.54) is 12.0 Å². The van der Waals surface area contributed by atoms with Crippen LogP contribution in [0.1, 0.15) is 24.8 Å². The van der Waals surface area contributed by atoms with E-state index in [2.05, 4.69) is 51.2 Å². The number of nitriles is 1. The van der Waals surface area contributed by atoms with Crippen molar-refractivity contribution in [2.75, 3.05) is 19.6 Å². The first-order valence-electron chi connectivity index (χ1n) is 6.64. The van der Waals surface area contributed by atoms with Crippen LogP contribution in [0, 0.1) is 17.2 Å². The third-order valence-electron chi connectivity index (χ3n) is 3.62. The Morgan fingerprint density at radius 2 is 1.89 bits per heavy atom. The van der Waals surface area contributed by atoms with Gasteiger partial charge in [0.25, 0.3) is 0 Å². The van der Waals surface area contributed by atoms with Crippen molar-refractivity contribution in [3.8, 4) is 6.07 Å². The molecule has 1 fully saturated rings. The van der Waals surface area contributed by atoms with Crippen LogP contribution in [0.2, 0.25) is 0 Å². The van der Waals surface area contributed by atoms with Gasteiger partial charge >= 0.3 is 0 Å². The lowest BCUT2D eigenvalue weighted by molar-refractivity contribution is 0.204. The SMILES string of the molecule is N#CC1CCN(CCCc2ccc(Br)cc2)CC1. The third kappa shape index (κ3) is 4.12. The number of nitrogens with zero attached hydrogens (tertiary/aromatic N) is 2. The fourth-order valence-electron chi connectivity index (χ4n) is 2.44. The molecule has 0 spiro atoms. The molecule has 0 unspecified atom stereocenters. The van der Waals surface area contributed by atoms with Crippen LogP contribution in [0.3, 0.4) is 0 Å².